The molecule has 1 saturated carbocycles. The van der Waals surface area contributed by atoms with Crippen molar-refractivity contribution >= 4 is 0 Å². The van der Waals surface area contributed by atoms with E-state index in [9.17, 15) is 13.2 Å². The Bertz CT molecular complexity index is 300. The topological polar surface area (TPSA) is 15.3 Å². The molecule has 1 aliphatic heterocycles. The van der Waals surface area contributed by atoms with Crippen LogP contribution in [-0.2, 0) is 0 Å². The Morgan fingerprint density at radius 3 is 2.38 bits per heavy atom. The van der Waals surface area contributed by atoms with Gasteiger partial charge in [0.15, 0.2) is 0 Å². The fourth-order valence-corrected chi connectivity index (χ4v) is 4.00. The minimum absolute atomic E-state index is 0.237. The van der Waals surface area contributed by atoms with Crippen molar-refractivity contribution in [3.63, 3.8) is 0 Å². The van der Waals surface area contributed by atoms with E-state index in [0.717, 1.165) is 19.5 Å². The molecule has 0 radical (unpaired) electrons. The maximum Gasteiger partial charge on any atom is 0.389 e. The van der Waals surface area contributed by atoms with E-state index in [1.807, 2.05) is 0 Å². The zero-order chi connectivity index (χ0) is 15.3. The van der Waals surface area contributed by atoms with Gasteiger partial charge in [-0.05, 0) is 38.1 Å². The van der Waals surface area contributed by atoms with Crippen molar-refractivity contribution in [3.05, 3.63) is 0 Å². The van der Waals surface area contributed by atoms with Crippen LogP contribution >= 0.6 is 0 Å². The third-order valence-electron chi connectivity index (χ3n) is 4.75. The van der Waals surface area contributed by atoms with Gasteiger partial charge in [0.25, 0.3) is 0 Å². The summed E-state index contributed by atoms with van der Waals surface area (Å²) in [4.78, 5) is 2.22. The molecule has 1 aliphatic carbocycles. The first kappa shape index (κ1) is 17.1. The average molecular weight is 306 g/mol. The molecule has 0 spiro atoms. The highest BCUT2D eigenvalue weighted by Crippen LogP contribution is 2.31. The first-order valence-electron chi connectivity index (χ1n) is 8.51. The van der Waals surface area contributed by atoms with Gasteiger partial charge in [-0.25, -0.2) is 0 Å². The van der Waals surface area contributed by atoms with E-state index in [4.69, 9.17) is 0 Å². The SMILES string of the molecule is CCCN1CC(CC(F)(F)F)CC(NC2CCCCC2)C1. The van der Waals surface area contributed by atoms with Crippen LogP contribution in [0.25, 0.3) is 0 Å². The van der Waals surface area contributed by atoms with Gasteiger partial charge in [-0.1, -0.05) is 26.2 Å². The van der Waals surface area contributed by atoms with Crippen molar-refractivity contribution in [2.45, 2.75) is 76.6 Å². The van der Waals surface area contributed by atoms with Crippen molar-refractivity contribution in [2.75, 3.05) is 19.6 Å². The number of nitrogens with one attached hydrogen (secondary N) is 1. The van der Waals surface area contributed by atoms with Gasteiger partial charge in [0, 0.05) is 31.6 Å². The van der Waals surface area contributed by atoms with E-state index in [1.54, 1.807) is 0 Å². The lowest BCUT2D eigenvalue weighted by molar-refractivity contribution is -0.149. The Morgan fingerprint density at radius 2 is 1.76 bits per heavy atom. The normalized spacial score (nSPS) is 29.7. The fraction of sp³-hybridized carbons (Fsp3) is 1.00. The molecule has 2 fully saturated rings. The summed E-state index contributed by atoms with van der Waals surface area (Å²) in [6, 6.07) is 0.762. The van der Waals surface area contributed by atoms with Gasteiger partial charge in [0.05, 0.1) is 0 Å². The number of alkyl halides is 3. The van der Waals surface area contributed by atoms with Crippen LogP contribution in [0.2, 0.25) is 0 Å². The molecule has 124 valence electrons. The summed E-state index contributed by atoms with van der Waals surface area (Å²) in [7, 11) is 0. The van der Waals surface area contributed by atoms with Gasteiger partial charge in [-0.2, -0.15) is 13.2 Å². The summed E-state index contributed by atoms with van der Waals surface area (Å²) in [6.45, 7) is 4.53. The monoisotopic (exact) mass is 306 g/mol. The molecular weight excluding hydrogens is 277 g/mol. The highest BCUT2D eigenvalue weighted by atomic mass is 19.4. The molecule has 1 heterocycles. The molecule has 2 aliphatic rings. The standard InChI is InChI=1S/C16H29F3N2/c1-2-8-21-11-13(10-16(17,18)19)9-15(12-21)20-14-6-4-3-5-7-14/h13-15,20H,2-12H2,1H3. The third kappa shape index (κ3) is 6.15. The van der Waals surface area contributed by atoms with E-state index in [0.29, 0.717) is 19.0 Å². The number of hydrogen-bond acceptors (Lipinski definition) is 2. The van der Waals surface area contributed by atoms with Crippen LogP contribution in [0.3, 0.4) is 0 Å². The van der Waals surface area contributed by atoms with Crippen molar-refractivity contribution < 1.29 is 13.2 Å². The van der Waals surface area contributed by atoms with Gasteiger partial charge in [-0.3, -0.25) is 0 Å². The lowest BCUT2D eigenvalue weighted by Crippen LogP contribution is -2.52. The van der Waals surface area contributed by atoms with Crippen LogP contribution in [-0.4, -0.2) is 42.8 Å². The summed E-state index contributed by atoms with van der Waals surface area (Å²) in [5, 5.41) is 3.65. The molecule has 5 heteroatoms. The molecule has 0 aromatic rings. The maximum absolute atomic E-state index is 12.7. The first-order valence-corrected chi connectivity index (χ1v) is 8.51. The van der Waals surface area contributed by atoms with E-state index < -0.39 is 12.6 Å². The van der Waals surface area contributed by atoms with Gasteiger partial charge >= 0.3 is 6.18 Å². The zero-order valence-corrected chi connectivity index (χ0v) is 13.1. The molecule has 0 aromatic heterocycles. The molecule has 2 atom stereocenters. The molecule has 2 rings (SSSR count). The Morgan fingerprint density at radius 1 is 1.05 bits per heavy atom. The fourth-order valence-electron chi connectivity index (χ4n) is 4.00. The Kier molecular flexibility index (Phi) is 6.35. The molecule has 1 N–H and O–H groups in total. The van der Waals surface area contributed by atoms with Crippen LogP contribution < -0.4 is 5.32 Å². The first-order chi connectivity index (χ1) is 9.96. The van der Waals surface area contributed by atoms with Crippen LogP contribution in [0.4, 0.5) is 13.2 Å². The Balaban J connectivity index is 1.88. The molecule has 21 heavy (non-hydrogen) atoms. The van der Waals surface area contributed by atoms with Crippen LogP contribution in [0.5, 0.6) is 0 Å². The van der Waals surface area contributed by atoms with E-state index in [1.165, 1.54) is 32.1 Å². The summed E-state index contributed by atoms with van der Waals surface area (Å²) in [5.41, 5.74) is 0. The van der Waals surface area contributed by atoms with Crippen molar-refractivity contribution in [2.24, 2.45) is 5.92 Å². The number of likely N-dealkylation sites (tertiary alicyclic amines) is 1. The largest absolute Gasteiger partial charge is 0.389 e. The average Bonchev–Trinajstić information content (AvgIpc) is 2.38. The summed E-state index contributed by atoms with van der Waals surface area (Å²) in [5.74, 6) is -0.244. The van der Waals surface area contributed by atoms with Gasteiger partial charge < -0.3 is 10.2 Å². The zero-order valence-electron chi connectivity index (χ0n) is 13.1. The molecule has 2 unspecified atom stereocenters. The predicted octanol–water partition coefficient (Wildman–Crippen LogP) is 3.96. The minimum Gasteiger partial charge on any atom is -0.310 e. The smallest absolute Gasteiger partial charge is 0.310 e. The number of piperidine rings is 1. The number of rotatable bonds is 5. The summed E-state index contributed by atoms with van der Waals surface area (Å²) < 4.78 is 38.1. The second kappa shape index (κ2) is 7.82. The van der Waals surface area contributed by atoms with Crippen LogP contribution in [0, 0.1) is 5.92 Å². The van der Waals surface area contributed by atoms with Crippen LogP contribution in [0.15, 0.2) is 0 Å². The molecule has 0 amide bonds. The molecule has 0 bridgehead atoms. The highest BCUT2D eigenvalue weighted by molar-refractivity contribution is 4.87. The second-order valence-corrected chi connectivity index (χ2v) is 6.88. The van der Waals surface area contributed by atoms with Crippen molar-refractivity contribution in [1.29, 1.82) is 0 Å². The predicted molar refractivity (Wildman–Crippen MR) is 79.3 cm³/mol. The summed E-state index contributed by atoms with van der Waals surface area (Å²) >= 11 is 0. The molecule has 1 saturated heterocycles. The van der Waals surface area contributed by atoms with Gasteiger partial charge in [0.1, 0.15) is 0 Å². The number of nitrogens with zero attached hydrogens (tertiary/aromatic N) is 1. The highest BCUT2D eigenvalue weighted by Gasteiger charge is 2.36. The minimum atomic E-state index is -4.03. The lowest BCUT2D eigenvalue weighted by Gasteiger charge is -2.40. The molecule has 0 aromatic carbocycles. The Labute approximate surface area is 126 Å². The van der Waals surface area contributed by atoms with Gasteiger partial charge in [-0.15, -0.1) is 0 Å². The Hall–Kier alpha value is -0.290. The molecular formula is C16H29F3N2. The van der Waals surface area contributed by atoms with E-state index in [-0.39, 0.29) is 12.0 Å². The van der Waals surface area contributed by atoms with Crippen LogP contribution in [0.1, 0.15) is 58.3 Å². The van der Waals surface area contributed by atoms with E-state index in [2.05, 4.69) is 17.1 Å². The number of halogens is 3. The quantitative estimate of drug-likeness (QED) is 0.827. The van der Waals surface area contributed by atoms with E-state index >= 15 is 0 Å². The van der Waals surface area contributed by atoms with Crippen molar-refractivity contribution in [1.82, 2.24) is 10.2 Å². The maximum atomic E-state index is 12.7. The lowest BCUT2D eigenvalue weighted by atomic mass is 9.89. The van der Waals surface area contributed by atoms with Crippen molar-refractivity contribution in [3.8, 4) is 0 Å². The second-order valence-electron chi connectivity index (χ2n) is 6.88. The third-order valence-corrected chi connectivity index (χ3v) is 4.75. The van der Waals surface area contributed by atoms with Gasteiger partial charge in [0.2, 0.25) is 0 Å². The molecule has 2 nitrogen and oxygen atoms in total. The number of hydrogen-bond donors (Lipinski definition) is 1. The summed E-state index contributed by atoms with van der Waals surface area (Å²) in [6.07, 6.45) is 3.23.